The van der Waals surface area contributed by atoms with Crippen LogP contribution in [0, 0.1) is 0 Å². The predicted molar refractivity (Wildman–Crippen MR) is 196 cm³/mol. The molecule has 8 heteroatoms. The molecule has 8 nitrogen and oxygen atoms in total. The maximum absolute atomic E-state index is 15.5. The van der Waals surface area contributed by atoms with Crippen LogP contribution in [0.2, 0.25) is 0 Å². The van der Waals surface area contributed by atoms with Crippen molar-refractivity contribution in [3.8, 4) is 0 Å². The van der Waals surface area contributed by atoms with Crippen molar-refractivity contribution in [3.63, 3.8) is 0 Å². The van der Waals surface area contributed by atoms with E-state index in [-0.39, 0.29) is 66.9 Å². The Morgan fingerprint density at radius 2 is 0.393 bits per heavy atom. The molecule has 262 valence electrons. The molecule has 0 fully saturated rings. The van der Waals surface area contributed by atoms with Gasteiger partial charge in [0.05, 0.1) is 0 Å². The number of allylic oxidation sites excluding steroid dienone is 16. The minimum atomic E-state index is -1.09. The largest absolute Gasteiger partial charge is 0.290 e. The highest BCUT2D eigenvalue weighted by Crippen LogP contribution is 2.68. The Bertz CT molecular complexity index is 2710. The molecule has 0 heterocycles. The van der Waals surface area contributed by atoms with Crippen molar-refractivity contribution >= 4 is 46.3 Å². The predicted octanol–water partition coefficient (Wildman–Crippen LogP) is 5.17. The molecule has 0 aliphatic heterocycles. The SMILES string of the molecule is O=C1C=CC(=O)C2=C1[C@@H]1C3=C(C(=O)C4=C(C3=O)C3C5=C(C(=O)C6=C(C5=O)[C@H]5C7=C(C(=O)C=CC7=O)[C@@H]6c6ccccc65)C4c4ccccc43)[C@H]2c2ccccc21. The van der Waals surface area contributed by atoms with Crippen LogP contribution >= 0.6 is 0 Å². The van der Waals surface area contributed by atoms with E-state index in [2.05, 4.69) is 0 Å². The average Bonchev–Trinajstić information content (AvgIpc) is 3.23. The number of Topliss-reactive ketones (excluding diaryl/α,β-unsaturated/α-hetero) is 4. The molecule has 0 saturated carbocycles. The second kappa shape index (κ2) is 9.59. The van der Waals surface area contributed by atoms with Crippen LogP contribution in [0.25, 0.3) is 0 Å². The van der Waals surface area contributed by atoms with Gasteiger partial charge in [0.1, 0.15) is 0 Å². The molecule has 3 aromatic rings. The Labute approximate surface area is 316 Å². The Kier molecular flexibility index (Phi) is 5.19. The van der Waals surface area contributed by atoms with Crippen molar-refractivity contribution in [1.82, 2.24) is 0 Å². The molecule has 0 N–H and O–H groups in total. The minimum absolute atomic E-state index is 0.117. The number of ketones is 8. The van der Waals surface area contributed by atoms with Gasteiger partial charge >= 0.3 is 0 Å². The lowest BCUT2D eigenvalue weighted by molar-refractivity contribution is -0.120. The van der Waals surface area contributed by atoms with E-state index in [4.69, 9.17) is 0 Å². The van der Waals surface area contributed by atoms with Crippen molar-refractivity contribution in [2.75, 3.05) is 0 Å². The first-order valence-corrected chi connectivity index (χ1v) is 18.6. The van der Waals surface area contributed by atoms with Gasteiger partial charge in [-0.1, -0.05) is 72.8 Å². The highest BCUT2D eigenvalue weighted by atomic mass is 16.2. The molecule has 0 saturated heterocycles. The monoisotopic (exact) mass is 726 g/mol. The summed E-state index contributed by atoms with van der Waals surface area (Å²) in [6, 6.07) is 21.7. The van der Waals surface area contributed by atoms with E-state index >= 15 is 19.2 Å². The van der Waals surface area contributed by atoms with Gasteiger partial charge in [-0.2, -0.15) is 0 Å². The van der Waals surface area contributed by atoms with Crippen LogP contribution in [-0.2, 0) is 38.4 Å². The zero-order valence-corrected chi connectivity index (χ0v) is 29.0. The topological polar surface area (TPSA) is 137 Å². The van der Waals surface area contributed by atoms with Gasteiger partial charge in [0, 0.05) is 102 Å². The summed E-state index contributed by atoms with van der Waals surface area (Å²) in [5.41, 5.74) is 5.84. The fraction of sp³-hybridized carbons (Fsp3) is 0.125. The minimum Gasteiger partial charge on any atom is -0.290 e. The van der Waals surface area contributed by atoms with E-state index in [1.165, 1.54) is 24.3 Å². The number of hydrogen-bond donors (Lipinski definition) is 0. The quantitative estimate of drug-likeness (QED) is 0.290. The first kappa shape index (κ1) is 30.3. The third kappa shape index (κ3) is 3.06. The summed E-state index contributed by atoms with van der Waals surface area (Å²) >= 11 is 0. The summed E-state index contributed by atoms with van der Waals surface area (Å²) in [5, 5.41) is 0. The highest BCUT2D eigenvalue weighted by molar-refractivity contribution is 6.38. The summed E-state index contributed by atoms with van der Waals surface area (Å²) in [6.45, 7) is 0. The number of rotatable bonds is 0. The normalized spacial score (nSPS) is 29.5. The maximum Gasteiger partial charge on any atom is 0.187 e. The van der Waals surface area contributed by atoms with Gasteiger partial charge in [-0.3, -0.25) is 38.4 Å². The molecule has 0 radical (unpaired) electrons. The number of carbonyl (C=O) groups excluding carboxylic acids is 8. The van der Waals surface area contributed by atoms with E-state index in [0.29, 0.717) is 33.4 Å². The van der Waals surface area contributed by atoms with E-state index in [0.717, 1.165) is 0 Å². The Morgan fingerprint density at radius 1 is 0.232 bits per heavy atom. The average molecular weight is 727 g/mol. The molecular weight excluding hydrogens is 705 g/mol. The van der Waals surface area contributed by atoms with Crippen molar-refractivity contribution < 1.29 is 38.4 Å². The molecule has 6 bridgehead atoms. The molecule has 16 rings (SSSR count). The van der Waals surface area contributed by atoms with Crippen molar-refractivity contribution in [3.05, 3.63) is 197 Å². The standard InChI is InChI=1S/C48H22O8/c49-23-13-14-24(50)34-28-18-8-2-1-7-17(18)27(33(23)34)37-38(28)46(54)42-32-22-12-6-5-11-21(22)31(41(42)45(37)53)43-44(32)48(56)40-30-20-10-4-3-9-19(20)29(39(40)47(43)55)35-25(51)15-16-26(52)36(30)35/h1-16,27-32H/t27-,28+,29-,30+,31?,32?. The zero-order valence-electron chi connectivity index (χ0n) is 29.0. The lowest BCUT2D eigenvalue weighted by Crippen LogP contribution is -2.49. The number of hydrogen-bond acceptors (Lipinski definition) is 8. The zero-order chi connectivity index (χ0) is 37.8. The summed E-state index contributed by atoms with van der Waals surface area (Å²) in [5.74, 6) is -9.50. The number of carbonyl (C=O) groups is 8. The molecule has 3 aromatic carbocycles. The van der Waals surface area contributed by atoms with E-state index in [1.54, 1.807) is 36.4 Å². The molecule has 0 aromatic heterocycles. The molecule has 4 atom stereocenters. The lowest BCUT2D eigenvalue weighted by Gasteiger charge is -2.52. The maximum atomic E-state index is 15.5. The first-order valence-electron chi connectivity index (χ1n) is 18.6. The van der Waals surface area contributed by atoms with Crippen LogP contribution in [0.1, 0.15) is 68.9 Å². The third-order valence-electron chi connectivity index (χ3n) is 13.9. The highest BCUT2D eigenvalue weighted by Gasteiger charge is 2.63. The van der Waals surface area contributed by atoms with Crippen LogP contribution in [0.4, 0.5) is 0 Å². The van der Waals surface area contributed by atoms with Crippen LogP contribution in [-0.4, -0.2) is 46.3 Å². The van der Waals surface area contributed by atoms with Gasteiger partial charge in [-0.05, 0) is 57.7 Å². The van der Waals surface area contributed by atoms with Gasteiger partial charge in [-0.15, -0.1) is 0 Å². The fourth-order valence-electron chi connectivity index (χ4n) is 12.1. The second-order valence-electron chi connectivity index (χ2n) is 15.9. The summed E-state index contributed by atoms with van der Waals surface area (Å²) in [4.78, 5) is 116. The van der Waals surface area contributed by atoms with Crippen LogP contribution < -0.4 is 0 Å². The summed E-state index contributed by atoms with van der Waals surface area (Å²) in [6.07, 6.45) is 4.87. The first-order chi connectivity index (χ1) is 27.2. The summed E-state index contributed by atoms with van der Waals surface area (Å²) in [7, 11) is 0. The van der Waals surface area contributed by atoms with Crippen LogP contribution in [0.3, 0.4) is 0 Å². The third-order valence-corrected chi connectivity index (χ3v) is 13.9. The van der Waals surface area contributed by atoms with Gasteiger partial charge in [0.2, 0.25) is 0 Å². The van der Waals surface area contributed by atoms with Gasteiger partial charge in [0.15, 0.2) is 46.3 Å². The molecule has 56 heavy (non-hydrogen) atoms. The van der Waals surface area contributed by atoms with Crippen molar-refractivity contribution in [2.24, 2.45) is 0 Å². The fourth-order valence-corrected chi connectivity index (χ4v) is 12.1. The van der Waals surface area contributed by atoms with Gasteiger partial charge in [0.25, 0.3) is 0 Å². The Morgan fingerprint density at radius 3 is 0.571 bits per heavy atom. The molecule has 0 unspecified atom stereocenters. The van der Waals surface area contributed by atoms with E-state index in [9.17, 15) is 19.2 Å². The molecule has 0 amide bonds. The van der Waals surface area contributed by atoms with Crippen LogP contribution in [0.15, 0.2) is 164 Å². The molecule has 13 aliphatic rings. The van der Waals surface area contributed by atoms with Crippen LogP contribution in [0.5, 0.6) is 0 Å². The molecule has 0 spiro atoms. The summed E-state index contributed by atoms with van der Waals surface area (Å²) < 4.78 is 0. The van der Waals surface area contributed by atoms with E-state index < -0.39 is 81.8 Å². The van der Waals surface area contributed by atoms with E-state index in [1.807, 2.05) is 36.4 Å². The molecule has 13 aliphatic carbocycles. The number of benzene rings is 3. The van der Waals surface area contributed by atoms with Crippen molar-refractivity contribution in [2.45, 2.75) is 35.5 Å². The lowest BCUT2D eigenvalue weighted by atomic mass is 9.47. The Hall–Kier alpha value is -7.06. The second-order valence-corrected chi connectivity index (χ2v) is 15.9. The van der Waals surface area contributed by atoms with Gasteiger partial charge in [-0.25, -0.2) is 0 Å². The molecular formula is C48H22O8. The van der Waals surface area contributed by atoms with Gasteiger partial charge < -0.3 is 0 Å². The Balaban J connectivity index is 1.04. The van der Waals surface area contributed by atoms with Crippen molar-refractivity contribution in [1.29, 1.82) is 0 Å². The smallest absolute Gasteiger partial charge is 0.187 e.